The molecule has 1 aromatic heterocycles. The van der Waals surface area contributed by atoms with E-state index < -0.39 is 0 Å². The highest BCUT2D eigenvalue weighted by atomic mass is 79.9. The van der Waals surface area contributed by atoms with Crippen LogP contribution in [0.15, 0.2) is 16.9 Å². The molecule has 1 atom stereocenters. The van der Waals surface area contributed by atoms with Gasteiger partial charge in [-0.25, -0.2) is 9.97 Å². The number of hydrogen-bond donors (Lipinski definition) is 2. The normalized spacial score (nSPS) is 22.2. The zero-order valence-corrected chi connectivity index (χ0v) is 13.3. The number of nitrogens with zero attached hydrogens (tertiary/aromatic N) is 2. The van der Waals surface area contributed by atoms with Gasteiger partial charge < -0.3 is 10.6 Å². The lowest BCUT2D eigenvalue weighted by atomic mass is 9.70. The molecule has 1 unspecified atom stereocenters. The van der Waals surface area contributed by atoms with E-state index in [1.165, 1.54) is 25.7 Å². The molecule has 19 heavy (non-hydrogen) atoms. The van der Waals surface area contributed by atoms with Crippen LogP contribution in [-0.2, 0) is 0 Å². The second kappa shape index (κ2) is 6.66. The van der Waals surface area contributed by atoms with Crippen LogP contribution in [0.5, 0.6) is 0 Å². The number of piperidine rings is 1. The third-order valence-electron chi connectivity index (χ3n) is 4.47. The van der Waals surface area contributed by atoms with E-state index in [4.69, 9.17) is 0 Å². The Morgan fingerprint density at radius 3 is 2.68 bits per heavy atom. The van der Waals surface area contributed by atoms with Gasteiger partial charge in [0.1, 0.15) is 0 Å². The Balaban J connectivity index is 1.98. The van der Waals surface area contributed by atoms with Crippen molar-refractivity contribution in [1.82, 2.24) is 15.3 Å². The smallest absolute Gasteiger partial charge is 0.222 e. The first kappa shape index (κ1) is 14.7. The lowest BCUT2D eigenvalue weighted by molar-refractivity contribution is 0.128. The molecule has 1 fully saturated rings. The summed E-state index contributed by atoms with van der Waals surface area (Å²) in [5, 5.41) is 7.03. The first-order valence-electron chi connectivity index (χ1n) is 7.15. The quantitative estimate of drug-likeness (QED) is 0.872. The maximum absolute atomic E-state index is 4.27. The number of anilines is 1. The fourth-order valence-electron chi connectivity index (χ4n) is 3.09. The zero-order valence-electron chi connectivity index (χ0n) is 11.7. The number of halogens is 1. The van der Waals surface area contributed by atoms with E-state index in [1.54, 1.807) is 12.4 Å². The van der Waals surface area contributed by atoms with E-state index in [1.807, 2.05) is 0 Å². The highest BCUT2D eigenvalue weighted by Crippen LogP contribution is 2.38. The van der Waals surface area contributed by atoms with Crippen LogP contribution in [-0.4, -0.2) is 29.1 Å². The molecule has 0 bridgehead atoms. The second-order valence-corrected chi connectivity index (χ2v) is 6.20. The minimum absolute atomic E-state index is 0.417. The lowest BCUT2D eigenvalue weighted by Gasteiger charge is -2.44. The molecule has 0 aliphatic carbocycles. The molecule has 0 amide bonds. The van der Waals surface area contributed by atoms with Gasteiger partial charge in [-0.05, 0) is 53.6 Å². The largest absolute Gasteiger partial charge is 0.353 e. The molecule has 2 heterocycles. The molecule has 106 valence electrons. The molecule has 1 aliphatic rings. The highest BCUT2D eigenvalue weighted by molar-refractivity contribution is 9.10. The Morgan fingerprint density at radius 2 is 2.05 bits per heavy atom. The van der Waals surface area contributed by atoms with Gasteiger partial charge >= 0.3 is 0 Å². The van der Waals surface area contributed by atoms with Crippen molar-refractivity contribution in [3.8, 4) is 0 Å². The molecule has 1 saturated heterocycles. The van der Waals surface area contributed by atoms with Gasteiger partial charge in [0.15, 0.2) is 0 Å². The van der Waals surface area contributed by atoms with Crippen LogP contribution in [0, 0.1) is 5.41 Å². The van der Waals surface area contributed by atoms with E-state index in [0.717, 1.165) is 17.6 Å². The van der Waals surface area contributed by atoms with Crippen LogP contribution >= 0.6 is 15.9 Å². The highest BCUT2D eigenvalue weighted by Gasteiger charge is 2.37. The molecule has 1 aliphatic heterocycles. The van der Waals surface area contributed by atoms with Gasteiger partial charge in [0, 0.05) is 25.0 Å². The van der Waals surface area contributed by atoms with Gasteiger partial charge in [0.2, 0.25) is 5.95 Å². The Kier molecular flexibility index (Phi) is 5.16. The Bertz CT molecular complexity index is 389. The number of nitrogens with one attached hydrogen (secondary N) is 2. The Morgan fingerprint density at radius 1 is 1.37 bits per heavy atom. The SMILES string of the molecule is CCC1(CC)CCCNC1CNc1ncc(Br)cn1. The van der Waals surface area contributed by atoms with Crippen molar-refractivity contribution in [3.05, 3.63) is 16.9 Å². The first-order valence-corrected chi connectivity index (χ1v) is 7.94. The Labute approximate surface area is 123 Å². The van der Waals surface area contributed by atoms with E-state index in [2.05, 4.69) is 50.4 Å². The van der Waals surface area contributed by atoms with E-state index >= 15 is 0 Å². The molecule has 2 rings (SSSR count). The van der Waals surface area contributed by atoms with E-state index in [0.29, 0.717) is 17.4 Å². The summed E-state index contributed by atoms with van der Waals surface area (Å²) in [6.07, 6.45) is 8.61. The van der Waals surface area contributed by atoms with E-state index in [-0.39, 0.29) is 0 Å². The standard InChI is InChI=1S/C14H23BrN4/c1-3-14(4-2)6-5-7-16-12(14)10-19-13-17-8-11(15)9-18-13/h8-9,12,16H,3-7,10H2,1-2H3,(H,17,18,19). The summed E-state index contributed by atoms with van der Waals surface area (Å²) in [4.78, 5) is 8.53. The average molecular weight is 327 g/mol. The summed E-state index contributed by atoms with van der Waals surface area (Å²) in [5.74, 6) is 0.705. The minimum Gasteiger partial charge on any atom is -0.353 e. The van der Waals surface area contributed by atoms with Crippen molar-refractivity contribution in [3.63, 3.8) is 0 Å². The maximum Gasteiger partial charge on any atom is 0.222 e. The molecular weight excluding hydrogens is 304 g/mol. The molecule has 0 aromatic carbocycles. The number of aromatic nitrogens is 2. The molecular formula is C14H23BrN4. The summed E-state index contributed by atoms with van der Waals surface area (Å²) < 4.78 is 0.908. The van der Waals surface area contributed by atoms with Gasteiger partial charge in [0.05, 0.1) is 4.47 Å². The predicted molar refractivity (Wildman–Crippen MR) is 82.3 cm³/mol. The predicted octanol–water partition coefficient (Wildman–Crippen LogP) is 3.21. The van der Waals surface area contributed by atoms with Crippen molar-refractivity contribution in [1.29, 1.82) is 0 Å². The summed E-state index contributed by atoms with van der Waals surface area (Å²) in [6, 6.07) is 0.503. The fraction of sp³-hybridized carbons (Fsp3) is 0.714. The van der Waals surface area contributed by atoms with Crippen molar-refractivity contribution < 1.29 is 0 Å². The summed E-state index contributed by atoms with van der Waals surface area (Å²) in [7, 11) is 0. The van der Waals surface area contributed by atoms with Gasteiger partial charge in [0.25, 0.3) is 0 Å². The zero-order chi connectivity index (χ0) is 13.7. The molecule has 0 spiro atoms. The van der Waals surface area contributed by atoms with Crippen molar-refractivity contribution >= 4 is 21.9 Å². The van der Waals surface area contributed by atoms with Crippen LogP contribution in [0.4, 0.5) is 5.95 Å². The molecule has 4 nitrogen and oxygen atoms in total. The monoisotopic (exact) mass is 326 g/mol. The van der Waals surface area contributed by atoms with Crippen LogP contribution in [0.3, 0.4) is 0 Å². The first-order chi connectivity index (χ1) is 9.20. The minimum atomic E-state index is 0.417. The molecule has 5 heteroatoms. The summed E-state index contributed by atoms with van der Waals surface area (Å²) in [6.45, 7) is 6.62. The lowest BCUT2D eigenvalue weighted by Crippen LogP contribution is -2.52. The average Bonchev–Trinajstić information content (AvgIpc) is 2.47. The van der Waals surface area contributed by atoms with Crippen LogP contribution in [0.1, 0.15) is 39.5 Å². The topological polar surface area (TPSA) is 49.8 Å². The van der Waals surface area contributed by atoms with Crippen molar-refractivity contribution in [2.24, 2.45) is 5.41 Å². The van der Waals surface area contributed by atoms with Gasteiger partial charge in [-0.3, -0.25) is 0 Å². The summed E-state index contributed by atoms with van der Waals surface area (Å²) in [5.41, 5.74) is 0.417. The molecule has 1 aromatic rings. The second-order valence-electron chi connectivity index (χ2n) is 5.29. The number of rotatable bonds is 5. The molecule has 0 saturated carbocycles. The third-order valence-corrected chi connectivity index (χ3v) is 4.88. The van der Waals surface area contributed by atoms with Crippen LogP contribution in [0.2, 0.25) is 0 Å². The van der Waals surface area contributed by atoms with Gasteiger partial charge in [-0.15, -0.1) is 0 Å². The fourth-order valence-corrected chi connectivity index (χ4v) is 3.29. The van der Waals surface area contributed by atoms with Crippen molar-refractivity contribution in [2.75, 3.05) is 18.4 Å². The summed E-state index contributed by atoms with van der Waals surface area (Å²) >= 11 is 3.35. The number of hydrogen-bond acceptors (Lipinski definition) is 4. The van der Waals surface area contributed by atoms with Gasteiger partial charge in [-0.1, -0.05) is 13.8 Å². The van der Waals surface area contributed by atoms with Gasteiger partial charge in [-0.2, -0.15) is 0 Å². The van der Waals surface area contributed by atoms with Crippen LogP contribution < -0.4 is 10.6 Å². The Hall–Kier alpha value is -0.680. The van der Waals surface area contributed by atoms with Crippen LogP contribution in [0.25, 0.3) is 0 Å². The molecule has 0 radical (unpaired) electrons. The maximum atomic E-state index is 4.27. The van der Waals surface area contributed by atoms with E-state index in [9.17, 15) is 0 Å². The third kappa shape index (κ3) is 3.45. The molecule has 2 N–H and O–H groups in total. The van der Waals surface area contributed by atoms with Crippen molar-refractivity contribution in [2.45, 2.75) is 45.6 Å².